The molecule has 0 aromatic heterocycles. The van der Waals surface area contributed by atoms with Crippen LogP contribution in [0, 0.1) is 0 Å². The Morgan fingerprint density at radius 1 is 1.17 bits per heavy atom. The van der Waals surface area contributed by atoms with Crippen LogP contribution in [0.3, 0.4) is 0 Å². The van der Waals surface area contributed by atoms with Crippen LogP contribution in [0.1, 0.15) is 55.6 Å². The Kier molecular flexibility index (Phi) is 6.62. The smallest absolute Gasteiger partial charge is 0.342 e. The van der Waals surface area contributed by atoms with E-state index in [1.54, 1.807) is 17.0 Å². The molecule has 2 amide bonds. The maximum atomic E-state index is 12.7. The number of rotatable bonds is 4. The number of allylic oxidation sites excluding steroid dienone is 2. The highest BCUT2D eigenvalue weighted by molar-refractivity contribution is 5.97. The molecule has 3 rings (SSSR count). The van der Waals surface area contributed by atoms with Gasteiger partial charge in [0.15, 0.2) is 0 Å². The lowest BCUT2D eigenvalue weighted by Crippen LogP contribution is -2.41. The first-order valence-corrected chi connectivity index (χ1v) is 9.99. The van der Waals surface area contributed by atoms with Gasteiger partial charge in [-0.1, -0.05) is 12.1 Å². The van der Waals surface area contributed by atoms with Crippen LogP contribution in [0.25, 0.3) is 5.57 Å². The summed E-state index contributed by atoms with van der Waals surface area (Å²) in [4.78, 5) is 25.0. The zero-order chi connectivity index (χ0) is 21.0. The lowest BCUT2D eigenvalue weighted by Gasteiger charge is -2.32. The van der Waals surface area contributed by atoms with E-state index in [0.717, 1.165) is 49.7 Å². The predicted octanol–water partition coefficient (Wildman–Crippen LogP) is 3.81. The topological polar surface area (TPSA) is 75.4 Å². The van der Waals surface area contributed by atoms with Crippen molar-refractivity contribution in [3.05, 3.63) is 35.4 Å². The number of anilines is 1. The van der Waals surface area contributed by atoms with Crippen LogP contribution < -0.4 is 11.1 Å². The summed E-state index contributed by atoms with van der Waals surface area (Å²) >= 11 is 0. The molecule has 0 bridgehead atoms. The number of hydrogen-bond acceptors (Lipinski definition) is 3. The summed E-state index contributed by atoms with van der Waals surface area (Å²) in [5.41, 5.74) is 8.29. The molecule has 1 aliphatic carbocycles. The molecular formula is C21H26F3N3O2. The van der Waals surface area contributed by atoms with E-state index in [1.807, 2.05) is 17.5 Å². The second-order valence-corrected chi connectivity index (χ2v) is 7.59. The number of benzene rings is 1. The largest absolute Gasteiger partial charge is 0.471 e. The van der Waals surface area contributed by atoms with Crippen molar-refractivity contribution in [2.75, 3.05) is 25.0 Å². The van der Waals surface area contributed by atoms with Gasteiger partial charge in [0.05, 0.1) is 6.54 Å². The van der Waals surface area contributed by atoms with Gasteiger partial charge < -0.3 is 16.0 Å². The van der Waals surface area contributed by atoms with Crippen molar-refractivity contribution in [1.82, 2.24) is 4.90 Å². The number of carbonyl (C=O) groups is 2. The lowest BCUT2D eigenvalue weighted by molar-refractivity contribution is -0.167. The standard InChI is InChI=1S/C21H26F3N3O2/c22-21(23,24)20(29)26-18-7-6-16(12-17(18)15-4-2-1-3-5-15)14-8-10-27(11-9-14)19(28)13-25/h4,6-7,12,14H,1-3,5,8-11,13,25H2,(H,26,29). The summed E-state index contributed by atoms with van der Waals surface area (Å²) in [6.45, 7) is 1.23. The Labute approximate surface area is 168 Å². The minimum absolute atomic E-state index is 0.00340. The van der Waals surface area contributed by atoms with Crippen molar-refractivity contribution >= 4 is 23.1 Å². The molecule has 0 radical (unpaired) electrons. The molecule has 8 heteroatoms. The second-order valence-electron chi connectivity index (χ2n) is 7.59. The first kappa shape index (κ1) is 21.4. The van der Waals surface area contributed by atoms with Crippen LogP contribution in [0.15, 0.2) is 24.3 Å². The molecule has 1 saturated heterocycles. The lowest BCUT2D eigenvalue weighted by atomic mass is 9.85. The Bertz CT molecular complexity index is 797. The summed E-state index contributed by atoms with van der Waals surface area (Å²) in [6, 6.07) is 5.26. The predicted molar refractivity (Wildman–Crippen MR) is 105 cm³/mol. The molecule has 3 N–H and O–H groups in total. The van der Waals surface area contributed by atoms with Gasteiger partial charge in [0.2, 0.25) is 5.91 Å². The average molecular weight is 409 g/mol. The molecule has 0 saturated carbocycles. The van der Waals surface area contributed by atoms with Crippen molar-refractivity contribution in [2.24, 2.45) is 5.73 Å². The summed E-state index contributed by atoms with van der Waals surface area (Å²) in [5, 5.41) is 2.04. The minimum Gasteiger partial charge on any atom is -0.342 e. The fraction of sp³-hybridized carbons (Fsp3) is 0.524. The van der Waals surface area contributed by atoms with E-state index >= 15 is 0 Å². The number of hydrogen-bond donors (Lipinski definition) is 2. The third-order valence-electron chi connectivity index (χ3n) is 5.68. The maximum absolute atomic E-state index is 12.7. The highest BCUT2D eigenvalue weighted by Crippen LogP contribution is 2.37. The summed E-state index contributed by atoms with van der Waals surface area (Å²) in [6.07, 6.45) is 2.36. The highest BCUT2D eigenvalue weighted by atomic mass is 19.4. The molecule has 2 aliphatic rings. The number of halogens is 3. The number of likely N-dealkylation sites (tertiary alicyclic amines) is 1. The van der Waals surface area contributed by atoms with Crippen LogP contribution >= 0.6 is 0 Å². The van der Waals surface area contributed by atoms with E-state index in [4.69, 9.17) is 5.73 Å². The van der Waals surface area contributed by atoms with E-state index in [1.165, 1.54) is 0 Å². The van der Waals surface area contributed by atoms with E-state index in [0.29, 0.717) is 18.7 Å². The summed E-state index contributed by atoms with van der Waals surface area (Å²) < 4.78 is 38.2. The summed E-state index contributed by atoms with van der Waals surface area (Å²) in [7, 11) is 0. The van der Waals surface area contributed by atoms with Crippen molar-refractivity contribution in [1.29, 1.82) is 0 Å². The van der Waals surface area contributed by atoms with E-state index in [2.05, 4.69) is 0 Å². The van der Waals surface area contributed by atoms with E-state index < -0.39 is 12.1 Å². The number of carbonyl (C=O) groups excluding carboxylic acids is 2. The van der Waals surface area contributed by atoms with Crippen LogP contribution in [0.5, 0.6) is 0 Å². The molecule has 1 heterocycles. The number of nitrogens with two attached hydrogens (primary N) is 1. The maximum Gasteiger partial charge on any atom is 0.471 e. The molecule has 5 nitrogen and oxygen atoms in total. The first-order chi connectivity index (χ1) is 13.8. The molecule has 29 heavy (non-hydrogen) atoms. The highest BCUT2D eigenvalue weighted by Gasteiger charge is 2.39. The normalized spacial score (nSPS) is 18.3. The molecule has 1 aromatic rings. The number of alkyl halides is 3. The molecular weight excluding hydrogens is 383 g/mol. The number of nitrogens with one attached hydrogen (secondary N) is 1. The Hall–Kier alpha value is -2.35. The van der Waals surface area contributed by atoms with Gasteiger partial charge in [-0.2, -0.15) is 13.2 Å². The fourth-order valence-corrected chi connectivity index (χ4v) is 4.06. The van der Waals surface area contributed by atoms with Crippen LogP contribution in [0.4, 0.5) is 18.9 Å². The van der Waals surface area contributed by atoms with Gasteiger partial charge in [0.25, 0.3) is 0 Å². The van der Waals surface area contributed by atoms with Crippen molar-refractivity contribution in [3.63, 3.8) is 0 Å². The van der Waals surface area contributed by atoms with Crippen molar-refractivity contribution in [3.8, 4) is 0 Å². The third-order valence-corrected chi connectivity index (χ3v) is 5.68. The summed E-state index contributed by atoms with van der Waals surface area (Å²) in [5.74, 6) is -1.81. The second kappa shape index (κ2) is 8.98. The average Bonchev–Trinajstić information content (AvgIpc) is 2.73. The van der Waals surface area contributed by atoms with Gasteiger partial charge in [0, 0.05) is 24.3 Å². The molecule has 1 fully saturated rings. The van der Waals surface area contributed by atoms with Crippen molar-refractivity contribution < 1.29 is 22.8 Å². The molecule has 158 valence electrons. The van der Waals surface area contributed by atoms with Crippen LogP contribution in [-0.2, 0) is 9.59 Å². The minimum atomic E-state index is -4.93. The van der Waals surface area contributed by atoms with Gasteiger partial charge >= 0.3 is 12.1 Å². The Morgan fingerprint density at radius 2 is 1.90 bits per heavy atom. The zero-order valence-corrected chi connectivity index (χ0v) is 16.2. The molecule has 0 spiro atoms. The van der Waals surface area contributed by atoms with Crippen molar-refractivity contribution in [2.45, 2.75) is 50.6 Å². The van der Waals surface area contributed by atoms with Gasteiger partial charge in [0.1, 0.15) is 0 Å². The molecule has 1 aliphatic heterocycles. The Morgan fingerprint density at radius 3 is 2.48 bits per heavy atom. The van der Waals surface area contributed by atoms with E-state index in [9.17, 15) is 22.8 Å². The third kappa shape index (κ3) is 5.18. The van der Waals surface area contributed by atoms with Gasteiger partial charge in [-0.3, -0.25) is 9.59 Å². The first-order valence-electron chi connectivity index (χ1n) is 9.99. The quantitative estimate of drug-likeness (QED) is 0.794. The van der Waals surface area contributed by atoms with Crippen LogP contribution in [-0.4, -0.2) is 42.5 Å². The number of nitrogens with zero attached hydrogens (tertiary/aromatic N) is 1. The van der Waals surface area contributed by atoms with E-state index in [-0.39, 0.29) is 24.1 Å². The Balaban J connectivity index is 1.84. The number of amides is 2. The molecule has 1 aromatic carbocycles. The van der Waals surface area contributed by atoms with Gasteiger partial charge in [-0.25, -0.2) is 0 Å². The van der Waals surface area contributed by atoms with Crippen LogP contribution in [0.2, 0.25) is 0 Å². The SMILES string of the molecule is NCC(=O)N1CCC(c2ccc(NC(=O)C(F)(F)F)c(C3=CCCCC3)c2)CC1. The fourth-order valence-electron chi connectivity index (χ4n) is 4.06. The van der Waals surface area contributed by atoms with Gasteiger partial charge in [-0.15, -0.1) is 0 Å². The molecule has 0 atom stereocenters. The van der Waals surface area contributed by atoms with Gasteiger partial charge in [-0.05, 0) is 67.7 Å². The monoisotopic (exact) mass is 409 g/mol. The molecule has 0 unspecified atom stereocenters. The zero-order valence-electron chi connectivity index (χ0n) is 16.2. The number of piperidine rings is 1.